The van der Waals surface area contributed by atoms with Crippen molar-refractivity contribution in [1.29, 1.82) is 0 Å². The Kier molecular flexibility index (Phi) is 9.27. The highest BCUT2D eigenvalue weighted by molar-refractivity contribution is 5.94. The van der Waals surface area contributed by atoms with E-state index in [1.165, 1.54) is 0 Å². The minimum atomic E-state index is -1.66. The van der Waals surface area contributed by atoms with Gasteiger partial charge in [-0.05, 0) is 54.2 Å². The maximum absolute atomic E-state index is 13.8. The zero-order chi connectivity index (χ0) is 28.6. The Morgan fingerprint density at radius 3 is 2.08 bits per heavy atom. The summed E-state index contributed by atoms with van der Waals surface area (Å²) in [5.74, 6) is -2.87. The minimum absolute atomic E-state index is 0.245. The van der Waals surface area contributed by atoms with E-state index in [0.717, 1.165) is 48.9 Å². The van der Waals surface area contributed by atoms with Gasteiger partial charge >= 0.3 is 11.9 Å². The number of ether oxygens (including phenoxy) is 2. The summed E-state index contributed by atoms with van der Waals surface area (Å²) < 4.78 is 10.7. The number of pyridine rings is 1. The third-order valence-corrected chi connectivity index (χ3v) is 6.87. The number of esters is 2. The highest BCUT2D eigenvalue weighted by Gasteiger charge is 2.44. The fourth-order valence-electron chi connectivity index (χ4n) is 4.96. The fraction of sp³-hybridized carbons (Fsp3) is 0.323. The van der Waals surface area contributed by atoms with E-state index < -0.39 is 42.0 Å². The van der Waals surface area contributed by atoms with Crippen molar-refractivity contribution >= 4 is 23.8 Å². The van der Waals surface area contributed by atoms with E-state index >= 15 is 0 Å². The molecule has 1 saturated heterocycles. The SMILES string of the molecule is CC(=O)O[C@@H](C(=O)N[C@H](C)c1ccc(-c2ccncc2)cc1)[C@@H](OC(C)=O)C(=O)N1CCCC1c1ccccc1. The number of nitrogens with zero attached hydrogens (tertiary/aromatic N) is 2. The van der Waals surface area contributed by atoms with Crippen molar-refractivity contribution in [3.05, 3.63) is 90.3 Å². The summed E-state index contributed by atoms with van der Waals surface area (Å²) in [5.41, 5.74) is 3.73. The van der Waals surface area contributed by atoms with Gasteiger partial charge in [0.2, 0.25) is 12.2 Å². The van der Waals surface area contributed by atoms with Crippen LogP contribution in [0.4, 0.5) is 0 Å². The number of carbonyl (C=O) groups excluding carboxylic acids is 4. The van der Waals surface area contributed by atoms with Gasteiger partial charge in [0.25, 0.3) is 11.8 Å². The van der Waals surface area contributed by atoms with E-state index in [2.05, 4.69) is 10.3 Å². The molecule has 1 aliphatic rings. The van der Waals surface area contributed by atoms with Gasteiger partial charge in [-0.2, -0.15) is 0 Å². The molecule has 208 valence electrons. The monoisotopic (exact) mass is 543 g/mol. The molecular weight excluding hydrogens is 510 g/mol. The maximum Gasteiger partial charge on any atom is 0.303 e. The first-order valence-electron chi connectivity index (χ1n) is 13.2. The Morgan fingerprint density at radius 1 is 0.850 bits per heavy atom. The van der Waals surface area contributed by atoms with Crippen LogP contribution in [0, 0.1) is 0 Å². The molecule has 9 nitrogen and oxygen atoms in total. The van der Waals surface area contributed by atoms with Gasteiger partial charge in [-0.1, -0.05) is 54.6 Å². The molecule has 0 saturated carbocycles. The molecule has 1 fully saturated rings. The fourth-order valence-corrected chi connectivity index (χ4v) is 4.96. The molecule has 1 aliphatic heterocycles. The first-order chi connectivity index (χ1) is 19.2. The van der Waals surface area contributed by atoms with E-state index in [9.17, 15) is 19.2 Å². The van der Waals surface area contributed by atoms with Gasteiger partial charge in [-0.15, -0.1) is 0 Å². The number of aromatic nitrogens is 1. The van der Waals surface area contributed by atoms with Crippen molar-refractivity contribution in [3.8, 4) is 11.1 Å². The summed E-state index contributed by atoms with van der Waals surface area (Å²) in [6.07, 6.45) is 1.60. The number of hydrogen-bond acceptors (Lipinski definition) is 7. The zero-order valence-corrected chi connectivity index (χ0v) is 22.8. The summed E-state index contributed by atoms with van der Waals surface area (Å²) in [6.45, 7) is 4.48. The molecule has 9 heteroatoms. The van der Waals surface area contributed by atoms with Crippen LogP contribution in [-0.4, -0.2) is 52.4 Å². The Hall–Kier alpha value is -4.53. The summed E-state index contributed by atoms with van der Waals surface area (Å²) >= 11 is 0. The van der Waals surface area contributed by atoms with Gasteiger partial charge in [0, 0.05) is 32.8 Å². The van der Waals surface area contributed by atoms with E-state index in [1.54, 1.807) is 24.2 Å². The number of nitrogens with one attached hydrogen (secondary N) is 1. The van der Waals surface area contributed by atoms with Crippen molar-refractivity contribution in [2.24, 2.45) is 0 Å². The predicted molar refractivity (Wildman–Crippen MR) is 147 cm³/mol. The van der Waals surface area contributed by atoms with Crippen LogP contribution in [-0.2, 0) is 28.7 Å². The van der Waals surface area contributed by atoms with Crippen molar-refractivity contribution in [1.82, 2.24) is 15.2 Å². The summed E-state index contributed by atoms with van der Waals surface area (Å²) in [4.78, 5) is 57.0. The number of amides is 2. The van der Waals surface area contributed by atoms with E-state index in [0.29, 0.717) is 6.54 Å². The molecular formula is C31H33N3O6. The van der Waals surface area contributed by atoms with Crippen LogP contribution in [0.15, 0.2) is 79.1 Å². The number of carbonyl (C=O) groups is 4. The summed E-state index contributed by atoms with van der Waals surface area (Å²) in [7, 11) is 0. The predicted octanol–water partition coefficient (Wildman–Crippen LogP) is 4.15. The molecule has 0 aliphatic carbocycles. The van der Waals surface area contributed by atoms with Crippen LogP contribution in [0.3, 0.4) is 0 Å². The quantitative estimate of drug-likeness (QED) is 0.403. The molecule has 2 heterocycles. The highest BCUT2D eigenvalue weighted by atomic mass is 16.6. The van der Waals surface area contributed by atoms with Gasteiger partial charge in [-0.3, -0.25) is 24.2 Å². The minimum Gasteiger partial charge on any atom is -0.448 e. The van der Waals surface area contributed by atoms with Gasteiger partial charge in [0.1, 0.15) is 0 Å². The van der Waals surface area contributed by atoms with E-state index in [-0.39, 0.29) is 6.04 Å². The lowest BCUT2D eigenvalue weighted by molar-refractivity contribution is -0.178. The normalized spacial score (nSPS) is 16.9. The zero-order valence-electron chi connectivity index (χ0n) is 22.8. The Balaban J connectivity index is 1.55. The van der Waals surface area contributed by atoms with Crippen LogP contribution in [0.2, 0.25) is 0 Å². The molecule has 2 aromatic carbocycles. The number of benzene rings is 2. The lowest BCUT2D eigenvalue weighted by Gasteiger charge is -2.32. The summed E-state index contributed by atoms with van der Waals surface area (Å²) in [6, 6.07) is 20.2. The largest absolute Gasteiger partial charge is 0.448 e. The van der Waals surface area contributed by atoms with Crippen LogP contribution < -0.4 is 5.32 Å². The number of rotatable bonds is 9. The van der Waals surface area contributed by atoms with Crippen molar-refractivity contribution < 1.29 is 28.7 Å². The number of hydrogen-bond donors (Lipinski definition) is 1. The van der Waals surface area contributed by atoms with E-state index in [4.69, 9.17) is 9.47 Å². The highest BCUT2D eigenvalue weighted by Crippen LogP contribution is 2.33. The molecule has 0 bridgehead atoms. The van der Waals surface area contributed by atoms with Crippen molar-refractivity contribution in [2.75, 3.05) is 6.54 Å². The van der Waals surface area contributed by atoms with Crippen LogP contribution >= 0.6 is 0 Å². The molecule has 0 spiro atoms. The summed E-state index contributed by atoms with van der Waals surface area (Å²) in [5, 5.41) is 2.81. The maximum atomic E-state index is 13.8. The van der Waals surface area contributed by atoms with Crippen molar-refractivity contribution in [3.63, 3.8) is 0 Å². The molecule has 0 radical (unpaired) electrons. The first-order valence-corrected chi connectivity index (χ1v) is 13.2. The second kappa shape index (κ2) is 13.0. The molecule has 4 atom stereocenters. The third-order valence-electron chi connectivity index (χ3n) is 6.87. The van der Waals surface area contributed by atoms with Gasteiger partial charge in [-0.25, -0.2) is 0 Å². The van der Waals surface area contributed by atoms with Crippen LogP contribution in [0.1, 0.15) is 56.8 Å². The smallest absolute Gasteiger partial charge is 0.303 e. The van der Waals surface area contributed by atoms with Gasteiger partial charge in [0.15, 0.2) is 0 Å². The molecule has 3 aromatic rings. The molecule has 2 amide bonds. The lowest BCUT2D eigenvalue weighted by atomic mass is 10.0. The second-order valence-corrected chi connectivity index (χ2v) is 9.75. The third kappa shape index (κ3) is 6.91. The van der Waals surface area contributed by atoms with Gasteiger partial charge in [0.05, 0.1) is 12.1 Å². The average Bonchev–Trinajstić information content (AvgIpc) is 3.45. The standard InChI is InChI=1S/C31H33N3O6/c1-20(23-11-13-24(14-12-23)25-15-17-32-18-16-25)33-30(37)28(39-21(2)35)29(40-22(3)36)31(38)34-19-7-10-27(34)26-8-5-4-6-9-26/h4-6,8-9,11-18,20,27-29H,7,10,19H2,1-3H3,(H,33,37)/t20-,27?,28-,29-/m1/s1. The molecule has 1 unspecified atom stereocenters. The molecule has 1 N–H and O–H groups in total. The van der Waals surface area contributed by atoms with Gasteiger partial charge < -0.3 is 19.7 Å². The van der Waals surface area contributed by atoms with Crippen LogP contribution in [0.5, 0.6) is 0 Å². The molecule has 1 aromatic heterocycles. The lowest BCUT2D eigenvalue weighted by Crippen LogP contribution is -2.54. The first kappa shape index (κ1) is 28.5. The number of likely N-dealkylation sites (tertiary alicyclic amines) is 1. The average molecular weight is 544 g/mol. The molecule has 40 heavy (non-hydrogen) atoms. The second-order valence-electron chi connectivity index (χ2n) is 9.75. The Morgan fingerprint density at radius 2 is 1.45 bits per heavy atom. The van der Waals surface area contributed by atoms with E-state index in [1.807, 2.05) is 66.7 Å². The molecule has 4 rings (SSSR count). The van der Waals surface area contributed by atoms with Crippen molar-refractivity contribution in [2.45, 2.75) is 57.9 Å². The Labute approximate surface area is 233 Å². The van der Waals surface area contributed by atoms with Crippen LogP contribution in [0.25, 0.3) is 11.1 Å². The Bertz CT molecular complexity index is 1330. The topological polar surface area (TPSA) is 115 Å².